The monoisotopic (exact) mass is 287 g/mol. The Labute approximate surface area is 123 Å². The molecule has 0 heterocycles. The van der Waals surface area contributed by atoms with Crippen molar-refractivity contribution in [2.75, 3.05) is 20.8 Å². The van der Waals surface area contributed by atoms with Gasteiger partial charge in [0.15, 0.2) is 5.57 Å². The lowest BCUT2D eigenvalue weighted by atomic mass is 10.2. The summed E-state index contributed by atoms with van der Waals surface area (Å²) in [5.41, 5.74) is 0.761. The van der Waals surface area contributed by atoms with Crippen molar-refractivity contribution in [1.29, 1.82) is 5.26 Å². The van der Waals surface area contributed by atoms with E-state index in [0.717, 1.165) is 11.3 Å². The van der Waals surface area contributed by atoms with E-state index in [1.54, 1.807) is 33.4 Å². The minimum absolute atomic E-state index is 0.105. The third-order valence-electron chi connectivity index (χ3n) is 2.44. The maximum absolute atomic E-state index is 11.4. The van der Waals surface area contributed by atoms with Crippen LogP contribution in [0.2, 0.25) is 0 Å². The van der Waals surface area contributed by atoms with E-state index in [-0.39, 0.29) is 12.2 Å². The van der Waals surface area contributed by atoms with E-state index in [1.807, 2.05) is 24.3 Å². The highest BCUT2D eigenvalue weighted by Gasteiger charge is 2.10. The second-order valence-corrected chi connectivity index (χ2v) is 3.97. The molecule has 0 N–H and O–H groups in total. The number of hydrogen-bond donors (Lipinski definition) is 0. The van der Waals surface area contributed by atoms with Crippen molar-refractivity contribution in [3.63, 3.8) is 0 Å². The highest BCUT2D eigenvalue weighted by molar-refractivity contribution is 5.92. The zero-order valence-corrected chi connectivity index (χ0v) is 12.2. The van der Waals surface area contributed by atoms with Crippen LogP contribution < -0.4 is 4.74 Å². The number of hydrazone groups is 1. The molecule has 0 radical (unpaired) electrons. The SMILES string of the molecule is CCOC(=O)/C(C#N)=C/N(C)/N=C/c1ccc(OC)cc1. The topological polar surface area (TPSA) is 74.9 Å². The molecule has 6 heteroatoms. The predicted octanol–water partition coefficient (Wildman–Crippen LogP) is 1.93. The Bertz CT molecular complexity index is 571. The van der Waals surface area contributed by atoms with Gasteiger partial charge in [0.1, 0.15) is 11.8 Å². The first kappa shape index (κ1) is 16.2. The van der Waals surface area contributed by atoms with E-state index >= 15 is 0 Å². The Balaban J connectivity index is 2.74. The van der Waals surface area contributed by atoms with E-state index in [0.29, 0.717) is 0 Å². The molecule has 0 aliphatic heterocycles. The van der Waals surface area contributed by atoms with Crippen LogP contribution in [0.4, 0.5) is 0 Å². The van der Waals surface area contributed by atoms with Crippen molar-refractivity contribution >= 4 is 12.2 Å². The average molecular weight is 287 g/mol. The molecule has 0 saturated carbocycles. The minimum Gasteiger partial charge on any atom is -0.497 e. The summed E-state index contributed by atoms with van der Waals surface area (Å²) in [5, 5.41) is 14.4. The Kier molecular flexibility index (Phi) is 6.48. The largest absolute Gasteiger partial charge is 0.497 e. The lowest BCUT2D eigenvalue weighted by molar-refractivity contribution is -0.138. The minimum atomic E-state index is -0.661. The summed E-state index contributed by atoms with van der Waals surface area (Å²) < 4.78 is 9.82. The average Bonchev–Trinajstić information content (AvgIpc) is 2.51. The first-order chi connectivity index (χ1) is 10.1. The molecule has 0 spiro atoms. The lowest BCUT2D eigenvalue weighted by Crippen LogP contribution is -2.11. The van der Waals surface area contributed by atoms with Gasteiger partial charge in [-0.05, 0) is 36.8 Å². The van der Waals surface area contributed by atoms with Crippen LogP contribution in [0.15, 0.2) is 41.1 Å². The van der Waals surface area contributed by atoms with Gasteiger partial charge in [0.2, 0.25) is 0 Å². The fourth-order valence-electron chi connectivity index (χ4n) is 1.40. The molecule has 0 aromatic heterocycles. The Morgan fingerprint density at radius 2 is 2.10 bits per heavy atom. The summed E-state index contributed by atoms with van der Waals surface area (Å²) in [6.07, 6.45) is 2.92. The van der Waals surface area contributed by atoms with Crippen LogP contribution in [0, 0.1) is 11.3 Å². The van der Waals surface area contributed by atoms with Gasteiger partial charge >= 0.3 is 5.97 Å². The molecule has 0 amide bonds. The molecule has 1 aromatic carbocycles. The summed E-state index contributed by atoms with van der Waals surface area (Å²) >= 11 is 0. The number of nitriles is 1. The third kappa shape index (κ3) is 5.37. The van der Waals surface area contributed by atoms with E-state index in [1.165, 1.54) is 11.2 Å². The van der Waals surface area contributed by atoms with Gasteiger partial charge in [-0.25, -0.2) is 4.79 Å². The second kappa shape index (κ2) is 8.38. The van der Waals surface area contributed by atoms with Crippen LogP contribution in [0.5, 0.6) is 5.75 Å². The number of carbonyl (C=O) groups excluding carboxylic acids is 1. The standard InChI is InChI=1S/C15H17N3O3/c1-4-21-15(19)13(9-16)11-18(2)17-10-12-5-7-14(20-3)8-6-12/h5-8,10-11H,4H2,1-3H3/b13-11+,17-10+. The highest BCUT2D eigenvalue weighted by Crippen LogP contribution is 2.10. The van der Waals surface area contributed by atoms with Gasteiger partial charge in [0.05, 0.1) is 19.9 Å². The molecule has 21 heavy (non-hydrogen) atoms. The Morgan fingerprint density at radius 1 is 1.43 bits per heavy atom. The zero-order chi connectivity index (χ0) is 15.7. The molecule has 0 bridgehead atoms. The van der Waals surface area contributed by atoms with Crippen molar-refractivity contribution in [3.05, 3.63) is 41.6 Å². The van der Waals surface area contributed by atoms with Gasteiger partial charge in [-0.2, -0.15) is 10.4 Å². The molecule has 0 fully saturated rings. The lowest BCUT2D eigenvalue weighted by Gasteiger charge is -2.07. The van der Waals surface area contributed by atoms with Crippen molar-refractivity contribution in [2.45, 2.75) is 6.92 Å². The van der Waals surface area contributed by atoms with E-state index in [2.05, 4.69) is 5.10 Å². The van der Waals surface area contributed by atoms with Gasteiger partial charge in [0.25, 0.3) is 0 Å². The molecule has 6 nitrogen and oxygen atoms in total. The number of esters is 1. The number of rotatable bonds is 6. The summed E-state index contributed by atoms with van der Waals surface area (Å²) in [6.45, 7) is 1.90. The predicted molar refractivity (Wildman–Crippen MR) is 78.7 cm³/mol. The van der Waals surface area contributed by atoms with Gasteiger partial charge < -0.3 is 9.47 Å². The number of hydrogen-bond acceptors (Lipinski definition) is 6. The molecular formula is C15H17N3O3. The number of benzene rings is 1. The Morgan fingerprint density at radius 3 is 2.62 bits per heavy atom. The maximum Gasteiger partial charge on any atom is 0.350 e. The summed E-state index contributed by atoms with van der Waals surface area (Å²) in [4.78, 5) is 11.4. The quantitative estimate of drug-likeness (QED) is 0.263. The van der Waals surface area contributed by atoms with Crippen LogP contribution >= 0.6 is 0 Å². The molecule has 1 aromatic rings. The Hall–Kier alpha value is -2.81. The second-order valence-electron chi connectivity index (χ2n) is 3.97. The number of nitrogens with zero attached hydrogens (tertiary/aromatic N) is 3. The summed E-state index contributed by atoms with van der Waals surface area (Å²) in [6, 6.07) is 9.10. The van der Waals surface area contributed by atoms with Gasteiger partial charge in [-0.3, -0.25) is 5.01 Å². The van der Waals surface area contributed by atoms with Crippen molar-refractivity contribution in [1.82, 2.24) is 5.01 Å². The van der Waals surface area contributed by atoms with E-state index < -0.39 is 5.97 Å². The van der Waals surface area contributed by atoms with Crippen LogP contribution in [0.1, 0.15) is 12.5 Å². The highest BCUT2D eigenvalue weighted by atomic mass is 16.5. The number of ether oxygens (including phenoxy) is 2. The molecule has 1 rings (SSSR count). The molecule has 110 valence electrons. The molecule has 0 aliphatic rings. The van der Waals surface area contributed by atoms with Crippen LogP contribution in [0.25, 0.3) is 0 Å². The first-order valence-electron chi connectivity index (χ1n) is 6.30. The van der Waals surface area contributed by atoms with E-state index in [9.17, 15) is 4.79 Å². The number of carbonyl (C=O) groups is 1. The maximum atomic E-state index is 11.4. The molecule has 0 saturated heterocycles. The van der Waals surface area contributed by atoms with Gasteiger partial charge in [-0.1, -0.05) is 0 Å². The fraction of sp³-hybridized carbons (Fsp3) is 0.267. The molecule has 0 aliphatic carbocycles. The van der Waals surface area contributed by atoms with Crippen LogP contribution in [-0.2, 0) is 9.53 Å². The van der Waals surface area contributed by atoms with E-state index in [4.69, 9.17) is 14.7 Å². The van der Waals surface area contributed by atoms with Gasteiger partial charge in [-0.15, -0.1) is 0 Å². The summed E-state index contributed by atoms with van der Waals surface area (Å²) in [7, 11) is 3.22. The smallest absolute Gasteiger partial charge is 0.350 e. The van der Waals surface area contributed by atoms with Crippen LogP contribution in [-0.4, -0.2) is 38.0 Å². The fourth-order valence-corrected chi connectivity index (χ4v) is 1.40. The zero-order valence-electron chi connectivity index (χ0n) is 12.2. The van der Waals surface area contributed by atoms with Gasteiger partial charge in [0, 0.05) is 13.2 Å². The van der Waals surface area contributed by atoms with Crippen molar-refractivity contribution in [2.24, 2.45) is 5.10 Å². The van der Waals surface area contributed by atoms with Crippen LogP contribution in [0.3, 0.4) is 0 Å². The number of methoxy groups -OCH3 is 1. The van der Waals surface area contributed by atoms with Crippen molar-refractivity contribution in [3.8, 4) is 11.8 Å². The third-order valence-corrected chi connectivity index (χ3v) is 2.44. The molecular weight excluding hydrogens is 270 g/mol. The summed E-state index contributed by atoms with van der Waals surface area (Å²) in [5.74, 6) is 0.0981. The first-order valence-corrected chi connectivity index (χ1v) is 6.30. The molecule has 0 unspecified atom stereocenters. The molecule has 0 atom stereocenters. The van der Waals surface area contributed by atoms with Crippen molar-refractivity contribution < 1.29 is 14.3 Å². The normalized spacial score (nSPS) is 11.0.